The molecule has 2 N–H and O–H groups in total. The van der Waals surface area contributed by atoms with E-state index in [1.165, 1.54) is 4.68 Å². The fourth-order valence-electron chi connectivity index (χ4n) is 1.94. The molecule has 0 aliphatic heterocycles. The number of aryl methyl sites for hydroxylation is 1. The Kier molecular flexibility index (Phi) is 3.85. The van der Waals surface area contributed by atoms with Gasteiger partial charge in [-0.1, -0.05) is 29.8 Å². The van der Waals surface area contributed by atoms with E-state index in [1.54, 1.807) is 6.92 Å². The number of benzene rings is 1. The van der Waals surface area contributed by atoms with Crippen molar-refractivity contribution in [1.82, 2.24) is 9.78 Å². The van der Waals surface area contributed by atoms with Crippen molar-refractivity contribution in [3.05, 3.63) is 53.3 Å². The van der Waals surface area contributed by atoms with Crippen molar-refractivity contribution in [2.24, 2.45) is 5.73 Å². The van der Waals surface area contributed by atoms with Crippen LogP contribution in [-0.4, -0.2) is 9.78 Å². The molecule has 0 bridgehead atoms. The number of hydrogen-bond acceptors (Lipinski definition) is 2. The van der Waals surface area contributed by atoms with Crippen molar-refractivity contribution in [3.8, 4) is 0 Å². The summed E-state index contributed by atoms with van der Waals surface area (Å²) in [4.78, 5) is 0. The van der Waals surface area contributed by atoms with Gasteiger partial charge in [0.1, 0.15) is 0 Å². The molecule has 0 saturated carbocycles. The van der Waals surface area contributed by atoms with Gasteiger partial charge < -0.3 is 5.73 Å². The Balaban J connectivity index is 2.20. The Morgan fingerprint density at radius 3 is 2.30 bits per heavy atom. The van der Waals surface area contributed by atoms with E-state index in [1.807, 2.05) is 31.2 Å². The third kappa shape index (κ3) is 3.01. The highest BCUT2D eigenvalue weighted by Crippen LogP contribution is 2.30. The molecule has 0 spiro atoms. The average Bonchev–Trinajstić information content (AvgIpc) is 2.87. The molecule has 0 fully saturated rings. The van der Waals surface area contributed by atoms with Gasteiger partial charge in [0.05, 0.1) is 23.8 Å². The highest BCUT2D eigenvalue weighted by atomic mass is 19.4. The summed E-state index contributed by atoms with van der Waals surface area (Å²) < 4.78 is 38.9. The Morgan fingerprint density at radius 2 is 1.80 bits per heavy atom. The summed E-state index contributed by atoms with van der Waals surface area (Å²) in [7, 11) is 0. The Morgan fingerprint density at radius 1 is 1.20 bits per heavy atom. The number of nitrogens with two attached hydrogens (primary N) is 1. The second-order valence-corrected chi connectivity index (χ2v) is 4.88. The first-order valence-electron chi connectivity index (χ1n) is 6.22. The molecule has 1 aromatic carbocycles. The standard InChI is InChI=1S/C14H16F3N3/c1-9-3-5-11(6-4-9)13(18)10(2)20-8-12(7-19-20)14(15,16)17/h3-8,10,13H,18H2,1-2H3. The molecular weight excluding hydrogens is 267 g/mol. The van der Waals surface area contributed by atoms with Crippen LogP contribution in [0.4, 0.5) is 13.2 Å². The molecule has 1 heterocycles. The fourth-order valence-corrected chi connectivity index (χ4v) is 1.94. The number of rotatable bonds is 3. The first-order chi connectivity index (χ1) is 9.29. The summed E-state index contributed by atoms with van der Waals surface area (Å²) in [5.74, 6) is 0. The van der Waals surface area contributed by atoms with Gasteiger partial charge in [-0.05, 0) is 19.4 Å². The molecule has 3 nitrogen and oxygen atoms in total. The van der Waals surface area contributed by atoms with Gasteiger partial charge >= 0.3 is 6.18 Å². The zero-order chi connectivity index (χ0) is 14.9. The molecule has 0 aliphatic rings. The lowest BCUT2D eigenvalue weighted by Gasteiger charge is -2.21. The van der Waals surface area contributed by atoms with Crippen molar-refractivity contribution in [1.29, 1.82) is 0 Å². The Hall–Kier alpha value is -1.82. The van der Waals surface area contributed by atoms with Crippen LogP contribution >= 0.6 is 0 Å². The molecule has 108 valence electrons. The zero-order valence-electron chi connectivity index (χ0n) is 11.2. The summed E-state index contributed by atoms with van der Waals surface area (Å²) >= 11 is 0. The van der Waals surface area contributed by atoms with Crippen LogP contribution in [0, 0.1) is 6.92 Å². The maximum Gasteiger partial charge on any atom is 0.419 e. The highest BCUT2D eigenvalue weighted by molar-refractivity contribution is 5.24. The van der Waals surface area contributed by atoms with Crippen LogP contribution in [0.25, 0.3) is 0 Å². The molecule has 20 heavy (non-hydrogen) atoms. The predicted molar refractivity (Wildman–Crippen MR) is 70.0 cm³/mol. The van der Waals surface area contributed by atoms with Crippen LogP contribution in [0.5, 0.6) is 0 Å². The van der Waals surface area contributed by atoms with Gasteiger partial charge in [0, 0.05) is 6.20 Å². The van der Waals surface area contributed by atoms with Gasteiger partial charge in [0.2, 0.25) is 0 Å². The van der Waals surface area contributed by atoms with Gasteiger partial charge in [-0.2, -0.15) is 18.3 Å². The number of halogens is 3. The normalized spacial score (nSPS) is 15.1. The lowest BCUT2D eigenvalue weighted by molar-refractivity contribution is -0.137. The number of alkyl halides is 3. The lowest BCUT2D eigenvalue weighted by Crippen LogP contribution is -2.22. The van der Waals surface area contributed by atoms with E-state index in [4.69, 9.17) is 5.73 Å². The van der Waals surface area contributed by atoms with E-state index in [0.29, 0.717) is 0 Å². The molecular formula is C14H16F3N3. The van der Waals surface area contributed by atoms with Crippen molar-refractivity contribution in [2.75, 3.05) is 0 Å². The molecule has 0 radical (unpaired) electrons. The minimum atomic E-state index is -4.38. The van der Waals surface area contributed by atoms with Crippen molar-refractivity contribution in [2.45, 2.75) is 32.1 Å². The van der Waals surface area contributed by atoms with Gasteiger partial charge in [-0.15, -0.1) is 0 Å². The molecule has 0 saturated heterocycles. The summed E-state index contributed by atoms with van der Waals surface area (Å²) in [5, 5.41) is 3.76. The summed E-state index contributed by atoms with van der Waals surface area (Å²) in [6.45, 7) is 3.71. The Bertz CT molecular complexity index is 572. The summed E-state index contributed by atoms with van der Waals surface area (Å²) in [6.07, 6.45) is -2.58. The van der Waals surface area contributed by atoms with Crippen LogP contribution < -0.4 is 5.73 Å². The van der Waals surface area contributed by atoms with Crippen LogP contribution in [0.1, 0.15) is 35.7 Å². The topological polar surface area (TPSA) is 43.8 Å². The first-order valence-corrected chi connectivity index (χ1v) is 6.22. The molecule has 1 aromatic heterocycles. The molecule has 2 atom stereocenters. The predicted octanol–water partition coefficient (Wildman–Crippen LogP) is 3.47. The first kappa shape index (κ1) is 14.6. The molecule has 2 aromatic rings. The SMILES string of the molecule is Cc1ccc(C(N)C(C)n2cc(C(F)(F)F)cn2)cc1. The van der Waals surface area contributed by atoms with Crippen molar-refractivity contribution in [3.63, 3.8) is 0 Å². The van der Waals surface area contributed by atoms with Crippen LogP contribution in [0.2, 0.25) is 0 Å². The molecule has 2 rings (SSSR count). The summed E-state index contributed by atoms with van der Waals surface area (Å²) in [6, 6.07) is 6.82. The lowest BCUT2D eigenvalue weighted by atomic mass is 10.0. The average molecular weight is 283 g/mol. The van der Waals surface area contributed by atoms with Gasteiger partial charge in [0.15, 0.2) is 0 Å². The third-order valence-electron chi connectivity index (χ3n) is 3.33. The monoisotopic (exact) mass is 283 g/mol. The zero-order valence-corrected chi connectivity index (χ0v) is 11.2. The minimum Gasteiger partial charge on any atom is -0.322 e. The fraction of sp³-hybridized carbons (Fsp3) is 0.357. The second kappa shape index (κ2) is 5.28. The van der Waals surface area contributed by atoms with Gasteiger partial charge in [-0.3, -0.25) is 4.68 Å². The van der Waals surface area contributed by atoms with Crippen molar-refractivity contribution >= 4 is 0 Å². The molecule has 6 heteroatoms. The number of nitrogens with zero attached hydrogens (tertiary/aromatic N) is 2. The van der Waals surface area contributed by atoms with Gasteiger partial charge in [-0.25, -0.2) is 0 Å². The van der Waals surface area contributed by atoms with Crippen LogP contribution in [-0.2, 0) is 6.18 Å². The smallest absolute Gasteiger partial charge is 0.322 e. The summed E-state index contributed by atoms with van der Waals surface area (Å²) in [5.41, 5.74) is 7.30. The van der Waals surface area contributed by atoms with Crippen LogP contribution in [0.15, 0.2) is 36.7 Å². The van der Waals surface area contributed by atoms with Gasteiger partial charge in [0.25, 0.3) is 0 Å². The number of hydrogen-bond donors (Lipinski definition) is 1. The van der Waals surface area contributed by atoms with E-state index < -0.39 is 17.8 Å². The molecule has 2 unspecified atom stereocenters. The maximum absolute atomic E-state index is 12.5. The third-order valence-corrected chi connectivity index (χ3v) is 3.33. The second-order valence-electron chi connectivity index (χ2n) is 4.88. The van der Waals surface area contributed by atoms with E-state index in [0.717, 1.165) is 23.5 Å². The minimum absolute atomic E-state index is 0.367. The van der Waals surface area contributed by atoms with E-state index >= 15 is 0 Å². The van der Waals surface area contributed by atoms with E-state index in [9.17, 15) is 13.2 Å². The Labute approximate surface area is 115 Å². The van der Waals surface area contributed by atoms with Crippen LogP contribution in [0.3, 0.4) is 0 Å². The maximum atomic E-state index is 12.5. The quantitative estimate of drug-likeness (QED) is 0.937. The van der Waals surface area contributed by atoms with Crippen molar-refractivity contribution < 1.29 is 13.2 Å². The highest BCUT2D eigenvalue weighted by Gasteiger charge is 2.33. The largest absolute Gasteiger partial charge is 0.419 e. The molecule has 0 amide bonds. The number of aromatic nitrogens is 2. The van der Waals surface area contributed by atoms with E-state index in [2.05, 4.69) is 5.10 Å². The van der Waals surface area contributed by atoms with E-state index in [-0.39, 0.29) is 6.04 Å². The molecule has 0 aliphatic carbocycles.